The predicted molar refractivity (Wildman–Crippen MR) is 123 cm³/mol. The summed E-state index contributed by atoms with van der Waals surface area (Å²) in [5, 5.41) is 9.26. The Labute approximate surface area is 179 Å². The van der Waals surface area contributed by atoms with Crippen molar-refractivity contribution in [2.24, 2.45) is 4.99 Å². The fraction of sp³-hybridized carbons (Fsp3) is 0.440. The molecule has 0 radical (unpaired) electrons. The highest BCUT2D eigenvalue weighted by Crippen LogP contribution is 2.45. The Morgan fingerprint density at radius 2 is 2.07 bits per heavy atom. The van der Waals surface area contributed by atoms with Gasteiger partial charge in [-0.15, -0.1) is 0 Å². The van der Waals surface area contributed by atoms with E-state index in [1.165, 1.54) is 11.3 Å². The van der Waals surface area contributed by atoms with Gasteiger partial charge in [0.2, 0.25) is 0 Å². The normalized spacial score (nSPS) is 17.8. The van der Waals surface area contributed by atoms with E-state index in [1.807, 2.05) is 6.92 Å². The van der Waals surface area contributed by atoms with Gasteiger partial charge in [0.05, 0.1) is 18.4 Å². The lowest BCUT2D eigenvalue weighted by Gasteiger charge is -2.47. The van der Waals surface area contributed by atoms with Gasteiger partial charge in [-0.25, -0.2) is 4.79 Å². The van der Waals surface area contributed by atoms with Crippen LogP contribution in [0.3, 0.4) is 0 Å². The molecule has 1 aliphatic heterocycles. The van der Waals surface area contributed by atoms with Crippen molar-refractivity contribution >= 4 is 23.6 Å². The molecule has 0 fully saturated rings. The minimum Gasteiger partial charge on any atom is -0.496 e. The van der Waals surface area contributed by atoms with E-state index in [0.29, 0.717) is 11.6 Å². The van der Waals surface area contributed by atoms with Gasteiger partial charge in [-0.3, -0.25) is 4.99 Å². The van der Waals surface area contributed by atoms with Crippen LogP contribution >= 0.6 is 0 Å². The Hall–Kier alpha value is -2.82. The Morgan fingerprint density at radius 3 is 2.70 bits per heavy atom. The summed E-state index contributed by atoms with van der Waals surface area (Å²) in [6.07, 6.45) is 3.95. The number of carboxylic acid groups (broad SMARTS) is 1. The van der Waals surface area contributed by atoms with E-state index in [2.05, 4.69) is 49.7 Å². The van der Waals surface area contributed by atoms with Crippen LogP contribution in [-0.2, 0) is 0 Å². The maximum atomic E-state index is 11.3. The average molecular weight is 409 g/mol. The lowest BCUT2D eigenvalue weighted by molar-refractivity contribution is 0.0697. The Balaban J connectivity index is 2.06. The number of rotatable bonds is 6. The van der Waals surface area contributed by atoms with Gasteiger partial charge in [0, 0.05) is 35.6 Å². The van der Waals surface area contributed by atoms with E-state index < -0.39 is 5.97 Å². The molecule has 1 aliphatic rings. The topological polar surface area (TPSA) is 62.1 Å². The molecule has 0 amide bonds. The first-order valence-electron chi connectivity index (χ1n) is 10.6. The molecule has 2 aromatic carbocycles. The van der Waals surface area contributed by atoms with Crippen molar-refractivity contribution < 1.29 is 14.6 Å². The minimum atomic E-state index is -0.953. The van der Waals surface area contributed by atoms with Crippen LogP contribution in [0.5, 0.6) is 5.75 Å². The zero-order chi connectivity index (χ0) is 22.1. The van der Waals surface area contributed by atoms with Gasteiger partial charge in [0.1, 0.15) is 5.75 Å². The van der Waals surface area contributed by atoms with Crippen molar-refractivity contribution in [2.75, 3.05) is 18.6 Å². The molecule has 3 rings (SSSR count). The number of anilines is 1. The lowest BCUT2D eigenvalue weighted by Crippen LogP contribution is -2.48. The maximum absolute atomic E-state index is 11.3. The van der Waals surface area contributed by atoms with E-state index in [9.17, 15) is 9.90 Å². The molecule has 2 aromatic rings. The molecule has 5 heteroatoms. The Morgan fingerprint density at radius 1 is 1.33 bits per heavy atom. The Kier molecular flexibility index (Phi) is 6.20. The fourth-order valence-corrected chi connectivity index (χ4v) is 4.47. The third kappa shape index (κ3) is 4.20. The van der Waals surface area contributed by atoms with Crippen LogP contribution in [0, 0.1) is 6.92 Å². The van der Waals surface area contributed by atoms with Gasteiger partial charge in [-0.1, -0.05) is 19.9 Å². The second-order valence-electron chi connectivity index (χ2n) is 8.79. The summed E-state index contributed by atoms with van der Waals surface area (Å²) in [5.74, 6) is 0.249. The zero-order valence-corrected chi connectivity index (χ0v) is 18.8. The molecule has 5 nitrogen and oxygen atoms in total. The summed E-state index contributed by atoms with van der Waals surface area (Å²) in [6.45, 7) is 12.0. The Bertz CT molecular complexity index is 979. The minimum absolute atomic E-state index is 0.0947. The fourth-order valence-electron chi connectivity index (χ4n) is 4.47. The second kappa shape index (κ2) is 8.50. The van der Waals surface area contributed by atoms with Gasteiger partial charge in [-0.2, -0.15) is 0 Å². The van der Waals surface area contributed by atoms with E-state index in [4.69, 9.17) is 4.74 Å². The third-order valence-corrected chi connectivity index (χ3v) is 5.98. The first-order valence-corrected chi connectivity index (χ1v) is 10.6. The number of benzene rings is 2. The largest absolute Gasteiger partial charge is 0.496 e. The quantitative estimate of drug-likeness (QED) is 0.600. The molecule has 1 heterocycles. The molecule has 0 saturated heterocycles. The summed E-state index contributed by atoms with van der Waals surface area (Å²) >= 11 is 0. The standard InChI is InChI=1S/C25H32N2O3/c1-7-10-27-22-13-23(30-6)19(11-20(22)17(3)14-25(27,4)5)15-26-21-12-18(24(28)29)9-8-16(21)2/h8-9,11-13,15,17H,7,10,14H2,1-6H3,(H,28,29). The van der Waals surface area contributed by atoms with Gasteiger partial charge < -0.3 is 14.7 Å². The van der Waals surface area contributed by atoms with Gasteiger partial charge in [-0.05, 0) is 68.9 Å². The first-order chi connectivity index (χ1) is 14.2. The van der Waals surface area contributed by atoms with Crippen LogP contribution in [0.15, 0.2) is 35.3 Å². The summed E-state index contributed by atoms with van der Waals surface area (Å²) in [4.78, 5) is 18.4. The van der Waals surface area contributed by atoms with Crippen LogP contribution in [0.25, 0.3) is 0 Å². The van der Waals surface area contributed by atoms with Crippen LogP contribution in [0.2, 0.25) is 0 Å². The number of hydrogen-bond acceptors (Lipinski definition) is 4. The van der Waals surface area contributed by atoms with Gasteiger partial charge >= 0.3 is 5.97 Å². The second-order valence-corrected chi connectivity index (χ2v) is 8.79. The number of aryl methyl sites for hydroxylation is 1. The van der Waals surface area contributed by atoms with Crippen molar-refractivity contribution in [3.8, 4) is 5.75 Å². The first kappa shape index (κ1) is 21.9. The molecule has 1 N–H and O–H groups in total. The van der Waals surface area contributed by atoms with Crippen molar-refractivity contribution in [3.63, 3.8) is 0 Å². The van der Waals surface area contributed by atoms with E-state index >= 15 is 0 Å². The number of carbonyl (C=O) groups is 1. The molecule has 0 saturated carbocycles. The summed E-state index contributed by atoms with van der Waals surface area (Å²) in [5.41, 5.74) is 5.35. The maximum Gasteiger partial charge on any atom is 0.335 e. The summed E-state index contributed by atoms with van der Waals surface area (Å²) < 4.78 is 5.71. The van der Waals surface area contributed by atoms with Crippen molar-refractivity contribution in [1.29, 1.82) is 0 Å². The van der Waals surface area contributed by atoms with Gasteiger partial charge in [0.15, 0.2) is 0 Å². The van der Waals surface area contributed by atoms with Crippen LogP contribution < -0.4 is 9.64 Å². The molecule has 0 aromatic heterocycles. The highest BCUT2D eigenvalue weighted by Gasteiger charge is 2.36. The van der Waals surface area contributed by atoms with Crippen molar-refractivity contribution in [3.05, 3.63) is 52.6 Å². The predicted octanol–water partition coefficient (Wildman–Crippen LogP) is 5.95. The number of aromatic carboxylic acids is 1. The molecule has 30 heavy (non-hydrogen) atoms. The average Bonchev–Trinajstić information content (AvgIpc) is 2.69. The number of hydrogen-bond donors (Lipinski definition) is 1. The third-order valence-electron chi connectivity index (χ3n) is 5.98. The zero-order valence-electron chi connectivity index (χ0n) is 18.8. The number of methoxy groups -OCH3 is 1. The number of carboxylic acids is 1. The van der Waals surface area contributed by atoms with E-state index in [1.54, 1.807) is 31.5 Å². The number of nitrogens with zero attached hydrogens (tertiary/aromatic N) is 2. The molecule has 1 atom stereocenters. The number of ether oxygens (including phenoxy) is 1. The van der Waals surface area contributed by atoms with Crippen molar-refractivity contribution in [2.45, 2.75) is 58.9 Å². The highest BCUT2D eigenvalue weighted by molar-refractivity contribution is 5.91. The SMILES string of the molecule is CCCN1c2cc(OC)c(C=Nc3cc(C(=O)O)ccc3C)cc2C(C)CC1(C)C. The summed E-state index contributed by atoms with van der Waals surface area (Å²) in [6, 6.07) is 9.29. The lowest BCUT2D eigenvalue weighted by atomic mass is 9.79. The number of aliphatic imine (C=N–C) groups is 1. The molecule has 0 aliphatic carbocycles. The van der Waals surface area contributed by atoms with E-state index in [0.717, 1.165) is 36.3 Å². The summed E-state index contributed by atoms with van der Waals surface area (Å²) in [7, 11) is 1.68. The van der Waals surface area contributed by atoms with Crippen molar-refractivity contribution in [1.82, 2.24) is 0 Å². The number of fused-ring (bicyclic) bond motifs is 1. The smallest absolute Gasteiger partial charge is 0.335 e. The molecule has 160 valence electrons. The molecular formula is C25H32N2O3. The molecule has 1 unspecified atom stereocenters. The van der Waals surface area contributed by atoms with Crippen LogP contribution in [0.4, 0.5) is 11.4 Å². The monoisotopic (exact) mass is 408 g/mol. The molecule has 0 bridgehead atoms. The van der Waals surface area contributed by atoms with E-state index in [-0.39, 0.29) is 11.1 Å². The molecule has 0 spiro atoms. The highest BCUT2D eigenvalue weighted by atomic mass is 16.5. The van der Waals surface area contributed by atoms with Crippen LogP contribution in [0.1, 0.15) is 73.5 Å². The molecular weight excluding hydrogens is 376 g/mol. The van der Waals surface area contributed by atoms with Crippen LogP contribution in [-0.4, -0.2) is 36.5 Å². The van der Waals surface area contributed by atoms with Gasteiger partial charge in [0.25, 0.3) is 0 Å².